The zero-order chi connectivity index (χ0) is 17.3. The van der Waals surface area contributed by atoms with Crippen LogP contribution in [0.25, 0.3) is 0 Å². The number of halogens is 1. The van der Waals surface area contributed by atoms with Crippen LogP contribution in [0, 0.1) is 0 Å². The fourth-order valence-electron chi connectivity index (χ4n) is 2.98. The van der Waals surface area contributed by atoms with E-state index in [1.165, 1.54) is 0 Å². The molecule has 1 N–H and O–H groups in total. The fraction of sp³-hybridized carbons (Fsp3) is 0.263. The summed E-state index contributed by atoms with van der Waals surface area (Å²) in [4.78, 5) is 25.5. The number of rotatable bonds is 5. The Balaban J connectivity index is 1.72. The molecule has 3 rings (SSSR count). The number of hydrogen-bond donors (Lipinski definition) is 1. The van der Waals surface area contributed by atoms with Crippen molar-refractivity contribution in [1.82, 2.24) is 4.90 Å². The van der Waals surface area contributed by atoms with Gasteiger partial charge in [0.05, 0.1) is 11.0 Å². The first kappa shape index (κ1) is 16.5. The molecular formula is C19H18ClNO3. The second-order valence-electron chi connectivity index (χ2n) is 6.25. The van der Waals surface area contributed by atoms with Crippen LogP contribution in [0.5, 0.6) is 0 Å². The molecule has 0 unspecified atom stereocenters. The lowest BCUT2D eigenvalue weighted by Gasteiger charge is -2.24. The Morgan fingerprint density at radius 1 is 1.08 bits per heavy atom. The van der Waals surface area contributed by atoms with Gasteiger partial charge in [-0.3, -0.25) is 4.79 Å². The van der Waals surface area contributed by atoms with Crippen LogP contribution in [-0.4, -0.2) is 28.9 Å². The molecule has 1 aliphatic rings. The first-order valence-electron chi connectivity index (χ1n) is 7.76. The SMILES string of the molecule is CN(Cc1ccc(C(=O)O)cc1)C(=O)C1(c2ccc(Cl)cc2)CC1. The van der Waals surface area contributed by atoms with E-state index >= 15 is 0 Å². The predicted molar refractivity (Wildman–Crippen MR) is 92.2 cm³/mol. The summed E-state index contributed by atoms with van der Waals surface area (Å²) in [6.45, 7) is 0.452. The average Bonchev–Trinajstić information content (AvgIpc) is 3.37. The van der Waals surface area contributed by atoms with Crippen LogP contribution >= 0.6 is 11.6 Å². The van der Waals surface area contributed by atoms with Gasteiger partial charge in [0.1, 0.15) is 0 Å². The number of carbonyl (C=O) groups excluding carboxylic acids is 1. The molecule has 0 saturated heterocycles. The van der Waals surface area contributed by atoms with Gasteiger partial charge in [-0.15, -0.1) is 0 Å². The van der Waals surface area contributed by atoms with Gasteiger partial charge in [0, 0.05) is 18.6 Å². The van der Waals surface area contributed by atoms with Gasteiger partial charge in [-0.05, 0) is 48.2 Å². The number of aromatic carboxylic acids is 1. The molecule has 0 atom stereocenters. The Morgan fingerprint density at radius 3 is 2.17 bits per heavy atom. The Bertz CT molecular complexity index is 764. The van der Waals surface area contributed by atoms with Crippen molar-refractivity contribution in [3.05, 3.63) is 70.2 Å². The summed E-state index contributed by atoms with van der Waals surface area (Å²) in [6, 6.07) is 14.1. The molecule has 5 heteroatoms. The van der Waals surface area contributed by atoms with Crippen LogP contribution in [-0.2, 0) is 16.8 Å². The maximum absolute atomic E-state index is 12.9. The van der Waals surface area contributed by atoms with E-state index in [2.05, 4.69) is 0 Å². The molecule has 0 spiro atoms. The van der Waals surface area contributed by atoms with Gasteiger partial charge in [0.15, 0.2) is 0 Å². The van der Waals surface area contributed by atoms with E-state index in [1.54, 1.807) is 36.2 Å². The lowest BCUT2D eigenvalue weighted by Crippen LogP contribution is -2.36. The number of likely N-dealkylation sites (N-methyl/N-ethyl adjacent to an activating group) is 1. The van der Waals surface area contributed by atoms with Crippen molar-refractivity contribution in [3.63, 3.8) is 0 Å². The predicted octanol–water partition coefficient (Wildman–Crippen LogP) is 3.73. The summed E-state index contributed by atoms with van der Waals surface area (Å²) >= 11 is 5.93. The van der Waals surface area contributed by atoms with Crippen molar-refractivity contribution in [2.24, 2.45) is 0 Å². The van der Waals surface area contributed by atoms with Gasteiger partial charge in [0.2, 0.25) is 5.91 Å². The van der Waals surface area contributed by atoms with Gasteiger partial charge in [-0.2, -0.15) is 0 Å². The minimum absolute atomic E-state index is 0.0899. The van der Waals surface area contributed by atoms with Crippen molar-refractivity contribution in [2.45, 2.75) is 24.8 Å². The molecule has 1 fully saturated rings. The van der Waals surface area contributed by atoms with E-state index in [1.807, 2.05) is 24.3 Å². The third-order valence-electron chi connectivity index (χ3n) is 4.52. The quantitative estimate of drug-likeness (QED) is 0.900. The zero-order valence-electron chi connectivity index (χ0n) is 13.3. The van der Waals surface area contributed by atoms with Crippen LogP contribution in [0.2, 0.25) is 5.02 Å². The Kier molecular flexibility index (Phi) is 4.33. The standard InChI is InChI=1S/C19H18ClNO3/c1-21(12-13-2-4-14(5-3-13)17(22)23)18(24)19(10-11-19)15-6-8-16(20)9-7-15/h2-9H,10-12H2,1H3,(H,22,23). The van der Waals surface area contributed by atoms with Crippen molar-refractivity contribution < 1.29 is 14.7 Å². The van der Waals surface area contributed by atoms with E-state index in [9.17, 15) is 9.59 Å². The molecular weight excluding hydrogens is 326 g/mol. The number of carbonyl (C=O) groups is 2. The summed E-state index contributed by atoms with van der Waals surface area (Å²) in [5.41, 5.74) is 1.72. The number of carboxylic acids is 1. The van der Waals surface area contributed by atoms with E-state index in [0.29, 0.717) is 11.6 Å². The molecule has 2 aromatic rings. The van der Waals surface area contributed by atoms with Gasteiger partial charge in [-0.25, -0.2) is 4.79 Å². The van der Waals surface area contributed by atoms with Crippen molar-refractivity contribution in [2.75, 3.05) is 7.05 Å². The summed E-state index contributed by atoms with van der Waals surface area (Å²) in [6.07, 6.45) is 1.69. The number of amides is 1. The molecule has 2 aromatic carbocycles. The highest BCUT2D eigenvalue weighted by molar-refractivity contribution is 6.30. The van der Waals surface area contributed by atoms with E-state index in [0.717, 1.165) is 24.0 Å². The highest BCUT2D eigenvalue weighted by Crippen LogP contribution is 2.49. The smallest absolute Gasteiger partial charge is 0.335 e. The Hall–Kier alpha value is -2.33. The number of benzene rings is 2. The average molecular weight is 344 g/mol. The molecule has 0 heterocycles. The molecule has 124 valence electrons. The molecule has 24 heavy (non-hydrogen) atoms. The lowest BCUT2D eigenvalue weighted by atomic mass is 9.94. The molecule has 0 radical (unpaired) electrons. The van der Waals surface area contributed by atoms with Gasteiger partial charge in [-0.1, -0.05) is 35.9 Å². The number of nitrogens with zero attached hydrogens (tertiary/aromatic N) is 1. The maximum atomic E-state index is 12.9. The van der Waals surface area contributed by atoms with Crippen LogP contribution in [0.1, 0.15) is 34.3 Å². The van der Waals surface area contributed by atoms with Crippen molar-refractivity contribution in [1.29, 1.82) is 0 Å². The largest absolute Gasteiger partial charge is 0.478 e. The van der Waals surface area contributed by atoms with Crippen LogP contribution in [0.3, 0.4) is 0 Å². The second-order valence-corrected chi connectivity index (χ2v) is 6.69. The number of carboxylic acid groups (broad SMARTS) is 1. The third kappa shape index (κ3) is 3.15. The maximum Gasteiger partial charge on any atom is 0.335 e. The van der Waals surface area contributed by atoms with E-state index in [-0.39, 0.29) is 11.5 Å². The summed E-state index contributed by atoms with van der Waals surface area (Å²) in [5.74, 6) is -0.863. The van der Waals surface area contributed by atoms with Gasteiger partial charge < -0.3 is 10.0 Å². The van der Waals surface area contributed by atoms with Crippen LogP contribution < -0.4 is 0 Å². The topological polar surface area (TPSA) is 57.6 Å². The monoisotopic (exact) mass is 343 g/mol. The first-order valence-corrected chi connectivity index (χ1v) is 8.14. The highest BCUT2D eigenvalue weighted by atomic mass is 35.5. The third-order valence-corrected chi connectivity index (χ3v) is 4.78. The lowest BCUT2D eigenvalue weighted by molar-refractivity contribution is -0.133. The molecule has 4 nitrogen and oxygen atoms in total. The summed E-state index contributed by atoms with van der Waals surface area (Å²) in [7, 11) is 1.78. The van der Waals surface area contributed by atoms with Crippen LogP contribution in [0.4, 0.5) is 0 Å². The zero-order valence-corrected chi connectivity index (χ0v) is 14.1. The molecule has 1 saturated carbocycles. The normalized spacial score (nSPS) is 14.9. The Labute approximate surface area is 145 Å². The molecule has 1 aliphatic carbocycles. The minimum Gasteiger partial charge on any atom is -0.478 e. The van der Waals surface area contributed by atoms with Gasteiger partial charge in [0.25, 0.3) is 0 Å². The van der Waals surface area contributed by atoms with Gasteiger partial charge >= 0.3 is 5.97 Å². The Morgan fingerprint density at radius 2 is 1.67 bits per heavy atom. The van der Waals surface area contributed by atoms with E-state index < -0.39 is 11.4 Å². The minimum atomic E-state index is -0.953. The fourth-order valence-corrected chi connectivity index (χ4v) is 3.11. The molecule has 0 bridgehead atoms. The molecule has 0 aromatic heterocycles. The van der Waals surface area contributed by atoms with E-state index in [4.69, 9.17) is 16.7 Å². The van der Waals surface area contributed by atoms with Crippen LogP contribution in [0.15, 0.2) is 48.5 Å². The van der Waals surface area contributed by atoms with Crippen molar-refractivity contribution >= 4 is 23.5 Å². The molecule has 1 amide bonds. The van der Waals surface area contributed by atoms with Crippen molar-refractivity contribution in [3.8, 4) is 0 Å². The molecule has 0 aliphatic heterocycles. The second kappa shape index (κ2) is 6.29. The summed E-state index contributed by atoms with van der Waals surface area (Å²) in [5, 5.41) is 9.59. The number of hydrogen-bond acceptors (Lipinski definition) is 2. The first-order chi connectivity index (χ1) is 11.4. The summed E-state index contributed by atoms with van der Waals surface area (Å²) < 4.78 is 0. The highest BCUT2D eigenvalue weighted by Gasteiger charge is 2.52.